The summed E-state index contributed by atoms with van der Waals surface area (Å²) >= 11 is 6.17. The minimum atomic E-state index is -0.634. The molecule has 0 saturated carbocycles. The minimum absolute atomic E-state index is 0.118. The minimum Gasteiger partial charge on any atom is -0.318 e. The fourth-order valence-corrected chi connectivity index (χ4v) is 3.37. The predicted molar refractivity (Wildman–Crippen MR) is 95.9 cm³/mol. The fourth-order valence-electron chi connectivity index (χ4n) is 3.20. The number of nitrogens with zero attached hydrogens (tertiary/aromatic N) is 2. The zero-order valence-electron chi connectivity index (χ0n) is 13.6. The number of halogens is 3. The lowest BCUT2D eigenvalue weighted by molar-refractivity contribution is 0.579. The molecule has 25 heavy (non-hydrogen) atoms. The van der Waals surface area contributed by atoms with Crippen LogP contribution in [-0.4, -0.2) is 10.3 Å². The molecule has 4 rings (SSSR count). The van der Waals surface area contributed by atoms with Crippen molar-refractivity contribution in [1.29, 1.82) is 0 Å². The number of hydrogen-bond donors (Lipinski definition) is 0. The molecular weight excluding hydrogens is 342 g/mol. The van der Waals surface area contributed by atoms with Gasteiger partial charge in [0, 0.05) is 22.5 Å². The van der Waals surface area contributed by atoms with Gasteiger partial charge in [0.05, 0.1) is 23.5 Å². The Kier molecular flexibility index (Phi) is 3.92. The van der Waals surface area contributed by atoms with Crippen molar-refractivity contribution < 1.29 is 8.78 Å². The van der Waals surface area contributed by atoms with Gasteiger partial charge in [-0.05, 0) is 48.4 Å². The van der Waals surface area contributed by atoms with Crippen molar-refractivity contribution in [1.82, 2.24) is 4.57 Å². The monoisotopic (exact) mass is 356 g/mol. The maximum atomic E-state index is 14.4. The molecule has 5 heteroatoms. The molecule has 1 aromatic heterocycles. The predicted octanol–water partition coefficient (Wildman–Crippen LogP) is 5.32. The number of aliphatic imine (C=N–C) groups is 1. The fraction of sp³-hybridized carbons (Fsp3) is 0.150. The van der Waals surface area contributed by atoms with E-state index in [2.05, 4.69) is 18.0 Å². The van der Waals surface area contributed by atoms with Gasteiger partial charge in [0.25, 0.3) is 0 Å². The first kappa shape index (κ1) is 16.0. The van der Waals surface area contributed by atoms with Crippen LogP contribution in [0.2, 0.25) is 5.02 Å². The van der Waals surface area contributed by atoms with Crippen LogP contribution in [0.4, 0.5) is 8.78 Å². The Balaban J connectivity index is 2.00. The molecule has 0 amide bonds. The van der Waals surface area contributed by atoms with Gasteiger partial charge in [-0.15, -0.1) is 0 Å². The molecule has 0 radical (unpaired) electrons. The van der Waals surface area contributed by atoms with Gasteiger partial charge in [0.15, 0.2) is 0 Å². The second-order valence-corrected chi connectivity index (χ2v) is 6.42. The highest BCUT2D eigenvalue weighted by Gasteiger charge is 2.24. The van der Waals surface area contributed by atoms with Gasteiger partial charge < -0.3 is 4.57 Å². The Bertz CT molecular complexity index is 985. The second kappa shape index (κ2) is 6.12. The first-order valence-electron chi connectivity index (χ1n) is 8.07. The van der Waals surface area contributed by atoms with E-state index < -0.39 is 11.6 Å². The summed E-state index contributed by atoms with van der Waals surface area (Å²) in [7, 11) is 0. The Morgan fingerprint density at radius 2 is 1.88 bits per heavy atom. The smallest absolute Gasteiger partial charge is 0.135 e. The zero-order chi connectivity index (χ0) is 17.6. The van der Waals surface area contributed by atoms with Crippen molar-refractivity contribution in [3.8, 4) is 5.69 Å². The number of rotatable bonds is 2. The molecule has 3 aromatic rings. The summed E-state index contributed by atoms with van der Waals surface area (Å²) in [6, 6.07) is 11.2. The van der Waals surface area contributed by atoms with Crippen LogP contribution in [0, 0.1) is 11.6 Å². The van der Waals surface area contributed by atoms with Crippen molar-refractivity contribution in [2.45, 2.75) is 19.9 Å². The van der Waals surface area contributed by atoms with Crippen molar-refractivity contribution in [2.24, 2.45) is 4.99 Å². The number of fused-ring (bicyclic) bond motifs is 3. The number of benzene rings is 2. The summed E-state index contributed by atoms with van der Waals surface area (Å²) in [5.41, 5.74) is 3.77. The van der Waals surface area contributed by atoms with Crippen LogP contribution in [0.3, 0.4) is 0 Å². The molecule has 0 atom stereocenters. The van der Waals surface area contributed by atoms with E-state index in [1.54, 1.807) is 12.1 Å². The molecular formula is C20H15ClF2N2. The summed E-state index contributed by atoms with van der Waals surface area (Å²) in [4.78, 5) is 4.54. The Labute approximate surface area is 149 Å². The topological polar surface area (TPSA) is 17.3 Å². The van der Waals surface area contributed by atoms with E-state index in [1.165, 1.54) is 23.8 Å². The quantitative estimate of drug-likeness (QED) is 0.591. The van der Waals surface area contributed by atoms with Crippen LogP contribution in [0.5, 0.6) is 0 Å². The van der Waals surface area contributed by atoms with Gasteiger partial charge in [0.1, 0.15) is 11.6 Å². The third-order valence-corrected chi connectivity index (χ3v) is 4.67. The standard InChI is InChI=1S/C20H15ClF2N2/c1-2-12-8-14-10-24-20(19-16(22)4-3-5-17(19)23)15-9-13(21)6-7-18(15)25(14)11-12/h3-9,11H,2,10H2,1H3. The van der Waals surface area contributed by atoms with E-state index in [0.29, 0.717) is 17.1 Å². The third-order valence-electron chi connectivity index (χ3n) is 4.44. The van der Waals surface area contributed by atoms with E-state index in [9.17, 15) is 8.78 Å². The Morgan fingerprint density at radius 3 is 2.60 bits per heavy atom. The van der Waals surface area contributed by atoms with Crippen molar-refractivity contribution in [3.63, 3.8) is 0 Å². The summed E-state index contributed by atoms with van der Waals surface area (Å²) in [6.45, 7) is 2.43. The summed E-state index contributed by atoms with van der Waals surface area (Å²) in [6.07, 6.45) is 2.94. The van der Waals surface area contributed by atoms with Crippen LogP contribution in [0.25, 0.3) is 5.69 Å². The number of aryl methyl sites for hydroxylation is 1. The molecule has 2 nitrogen and oxygen atoms in total. The normalized spacial score (nSPS) is 13.0. The molecule has 0 unspecified atom stereocenters. The lowest BCUT2D eigenvalue weighted by atomic mass is 9.99. The van der Waals surface area contributed by atoms with Gasteiger partial charge in [-0.1, -0.05) is 24.6 Å². The number of hydrogen-bond acceptors (Lipinski definition) is 1. The molecule has 2 heterocycles. The molecule has 0 bridgehead atoms. The molecule has 0 saturated heterocycles. The third kappa shape index (κ3) is 2.67. The van der Waals surface area contributed by atoms with E-state index in [0.717, 1.165) is 17.8 Å². The van der Waals surface area contributed by atoms with Gasteiger partial charge in [-0.25, -0.2) is 8.78 Å². The van der Waals surface area contributed by atoms with Crippen LogP contribution < -0.4 is 0 Å². The largest absolute Gasteiger partial charge is 0.318 e. The zero-order valence-corrected chi connectivity index (χ0v) is 14.3. The molecule has 126 valence electrons. The summed E-state index contributed by atoms with van der Waals surface area (Å²) < 4.78 is 30.8. The molecule has 0 fully saturated rings. The van der Waals surface area contributed by atoms with E-state index in [-0.39, 0.29) is 11.3 Å². The summed E-state index contributed by atoms with van der Waals surface area (Å²) in [5.74, 6) is -1.27. The van der Waals surface area contributed by atoms with E-state index >= 15 is 0 Å². The Hall–Kier alpha value is -2.46. The summed E-state index contributed by atoms with van der Waals surface area (Å²) in [5, 5.41) is 0.495. The lowest BCUT2D eigenvalue weighted by Crippen LogP contribution is -2.11. The van der Waals surface area contributed by atoms with E-state index in [1.807, 2.05) is 16.8 Å². The van der Waals surface area contributed by atoms with Gasteiger partial charge in [-0.2, -0.15) is 0 Å². The second-order valence-electron chi connectivity index (χ2n) is 5.99. The Morgan fingerprint density at radius 1 is 1.12 bits per heavy atom. The average molecular weight is 357 g/mol. The highest BCUT2D eigenvalue weighted by atomic mass is 35.5. The molecule has 0 spiro atoms. The molecule has 0 N–H and O–H groups in total. The maximum absolute atomic E-state index is 14.4. The molecule has 0 aliphatic carbocycles. The van der Waals surface area contributed by atoms with Crippen molar-refractivity contribution in [3.05, 3.63) is 87.7 Å². The number of aromatic nitrogens is 1. The van der Waals surface area contributed by atoms with Crippen molar-refractivity contribution in [2.75, 3.05) is 0 Å². The van der Waals surface area contributed by atoms with Crippen LogP contribution in [-0.2, 0) is 13.0 Å². The van der Waals surface area contributed by atoms with E-state index in [4.69, 9.17) is 11.6 Å². The average Bonchev–Trinajstić information content (AvgIpc) is 2.95. The lowest BCUT2D eigenvalue weighted by Gasteiger charge is -2.13. The molecule has 1 aliphatic heterocycles. The van der Waals surface area contributed by atoms with Crippen LogP contribution in [0.1, 0.15) is 29.3 Å². The van der Waals surface area contributed by atoms with Crippen molar-refractivity contribution >= 4 is 17.3 Å². The van der Waals surface area contributed by atoms with Gasteiger partial charge in [0.2, 0.25) is 0 Å². The highest BCUT2D eigenvalue weighted by Crippen LogP contribution is 2.30. The maximum Gasteiger partial charge on any atom is 0.135 e. The van der Waals surface area contributed by atoms with Gasteiger partial charge in [-0.3, -0.25) is 4.99 Å². The van der Waals surface area contributed by atoms with Crippen LogP contribution in [0.15, 0.2) is 53.7 Å². The first-order chi connectivity index (χ1) is 12.1. The highest BCUT2D eigenvalue weighted by molar-refractivity contribution is 6.31. The molecule has 2 aromatic carbocycles. The first-order valence-corrected chi connectivity index (χ1v) is 8.45. The van der Waals surface area contributed by atoms with Gasteiger partial charge >= 0.3 is 0 Å². The van der Waals surface area contributed by atoms with Crippen LogP contribution >= 0.6 is 11.6 Å². The SMILES string of the molecule is CCc1cc2n(c1)-c1ccc(Cl)cc1C(c1c(F)cccc1F)=NC2. The molecule has 1 aliphatic rings.